The fraction of sp³-hybridized carbons (Fsp3) is 0.385. The van der Waals surface area contributed by atoms with Gasteiger partial charge in [-0.05, 0) is 25.1 Å². The van der Waals surface area contributed by atoms with Gasteiger partial charge in [-0.15, -0.1) is 0 Å². The first-order valence-corrected chi connectivity index (χ1v) is 6.66. The highest BCUT2D eigenvalue weighted by atomic mass is 79.9. The van der Waals surface area contributed by atoms with Crippen LogP contribution in [0.3, 0.4) is 0 Å². The Labute approximate surface area is 114 Å². The molecule has 2 rings (SSSR count). The molecule has 1 unspecified atom stereocenters. The fourth-order valence-corrected chi connectivity index (χ4v) is 2.47. The number of amides is 1. The van der Waals surface area contributed by atoms with E-state index < -0.39 is 0 Å². The molecule has 1 N–H and O–H groups in total. The lowest BCUT2D eigenvalue weighted by Gasteiger charge is -2.22. The zero-order chi connectivity index (χ0) is 13.3. The van der Waals surface area contributed by atoms with E-state index in [1.807, 2.05) is 19.9 Å². The Kier molecular flexibility index (Phi) is 3.71. The Morgan fingerprint density at radius 3 is 3.00 bits per heavy atom. The van der Waals surface area contributed by atoms with Gasteiger partial charge in [0, 0.05) is 28.6 Å². The Hall–Kier alpha value is -1.36. The lowest BCUT2D eigenvalue weighted by Crippen LogP contribution is -2.26. The summed E-state index contributed by atoms with van der Waals surface area (Å²) in [5.74, 6) is 0.165. The van der Waals surface area contributed by atoms with Crippen molar-refractivity contribution < 1.29 is 9.90 Å². The molecule has 1 aromatic rings. The number of benzene rings is 1. The predicted octanol–water partition coefficient (Wildman–Crippen LogP) is 3.21. The van der Waals surface area contributed by atoms with E-state index >= 15 is 0 Å². The summed E-state index contributed by atoms with van der Waals surface area (Å²) in [4.78, 5) is 11.9. The molecule has 0 radical (unpaired) electrons. The van der Waals surface area contributed by atoms with Crippen LogP contribution in [0.5, 0.6) is 5.75 Å². The van der Waals surface area contributed by atoms with Crippen LogP contribution in [0, 0.1) is 0 Å². The molecular weight excluding hydrogens is 296 g/mol. The number of hydrogen-bond acceptors (Lipinski definition) is 3. The third kappa shape index (κ3) is 2.41. The second kappa shape index (κ2) is 5.10. The van der Waals surface area contributed by atoms with Gasteiger partial charge in [0.05, 0.1) is 6.04 Å². The minimum Gasteiger partial charge on any atom is -0.508 e. The van der Waals surface area contributed by atoms with Crippen LogP contribution in [0.4, 0.5) is 0 Å². The summed E-state index contributed by atoms with van der Waals surface area (Å²) < 4.78 is 0.878. The number of rotatable bonds is 2. The molecule has 1 aliphatic heterocycles. The van der Waals surface area contributed by atoms with Gasteiger partial charge in [0.15, 0.2) is 0 Å². The van der Waals surface area contributed by atoms with Gasteiger partial charge in [0.2, 0.25) is 5.91 Å². The highest BCUT2D eigenvalue weighted by Crippen LogP contribution is 2.37. The quantitative estimate of drug-likeness (QED) is 0.912. The lowest BCUT2D eigenvalue weighted by atomic mass is 10.0. The largest absolute Gasteiger partial charge is 0.508 e. The first-order chi connectivity index (χ1) is 8.52. The second-order valence-corrected chi connectivity index (χ2v) is 5.27. The van der Waals surface area contributed by atoms with Gasteiger partial charge in [-0.2, -0.15) is 5.10 Å². The van der Waals surface area contributed by atoms with Gasteiger partial charge in [-0.3, -0.25) is 4.79 Å². The molecule has 1 aromatic carbocycles. The van der Waals surface area contributed by atoms with E-state index in [0.29, 0.717) is 12.8 Å². The Morgan fingerprint density at radius 2 is 2.33 bits per heavy atom. The Bertz CT molecular complexity index is 514. The van der Waals surface area contributed by atoms with Crippen LogP contribution in [0.2, 0.25) is 0 Å². The number of nitrogens with zero attached hydrogens (tertiary/aromatic N) is 2. The van der Waals surface area contributed by atoms with Crippen molar-refractivity contribution in [2.24, 2.45) is 5.10 Å². The average molecular weight is 311 g/mol. The van der Waals surface area contributed by atoms with Crippen LogP contribution in [-0.2, 0) is 4.79 Å². The molecule has 5 heteroatoms. The molecule has 0 aliphatic carbocycles. The Morgan fingerprint density at radius 1 is 1.61 bits per heavy atom. The van der Waals surface area contributed by atoms with Gasteiger partial charge < -0.3 is 5.11 Å². The zero-order valence-electron chi connectivity index (χ0n) is 10.4. The number of aromatic hydroxyl groups is 1. The van der Waals surface area contributed by atoms with E-state index in [-0.39, 0.29) is 17.7 Å². The molecule has 0 bridgehead atoms. The number of halogens is 1. The summed E-state index contributed by atoms with van der Waals surface area (Å²) in [6.45, 7) is 3.70. The van der Waals surface area contributed by atoms with Crippen molar-refractivity contribution in [2.45, 2.75) is 32.7 Å². The van der Waals surface area contributed by atoms with E-state index in [1.165, 1.54) is 5.01 Å². The molecule has 1 atom stereocenters. The van der Waals surface area contributed by atoms with E-state index in [2.05, 4.69) is 21.0 Å². The summed E-state index contributed by atoms with van der Waals surface area (Å²) in [5, 5.41) is 15.7. The number of phenols is 1. The molecule has 1 aliphatic rings. The maximum absolute atomic E-state index is 11.9. The first-order valence-electron chi connectivity index (χ1n) is 5.87. The number of hydrogen-bond donors (Lipinski definition) is 1. The summed E-state index contributed by atoms with van der Waals surface area (Å²) in [5.41, 5.74) is 1.63. The average Bonchev–Trinajstić information content (AvgIpc) is 2.73. The summed E-state index contributed by atoms with van der Waals surface area (Å²) in [6, 6.07) is 5.04. The van der Waals surface area contributed by atoms with Gasteiger partial charge in [0.25, 0.3) is 0 Å². The van der Waals surface area contributed by atoms with Crippen molar-refractivity contribution in [3.05, 3.63) is 28.2 Å². The smallest absolute Gasteiger partial charge is 0.242 e. The van der Waals surface area contributed by atoms with Gasteiger partial charge in [-0.1, -0.05) is 22.9 Å². The van der Waals surface area contributed by atoms with Crippen LogP contribution >= 0.6 is 15.9 Å². The maximum atomic E-state index is 11.9. The molecule has 0 saturated heterocycles. The topological polar surface area (TPSA) is 52.9 Å². The highest BCUT2D eigenvalue weighted by molar-refractivity contribution is 9.10. The number of hydrazone groups is 1. The van der Waals surface area contributed by atoms with Crippen molar-refractivity contribution >= 4 is 27.5 Å². The maximum Gasteiger partial charge on any atom is 0.242 e. The molecule has 1 amide bonds. The van der Waals surface area contributed by atoms with Crippen LogP contribution in [-0.4, -0.2) is 21.7 Å². The van der Waals surface area contributed by atoms with Crippen molar-refractivity contribution in [2.75, 3.05) is 0 Å². The summed E-state index contributed by atoms with van der Waals surface area (Å²) in [7, 11) is 0. The van der Waals surface area contributed by atoms with Crippen LogP contribution in [0.1, 0.15) is 38.3 Å². The molecule has 96 valence electrons. The third-order valence-electron chi connectivity index (χ3n) is 2.97. The standard InChI is InChI=1S/C13H15BrN2O2/c1-3-13(18)16-11(6-8(2)15-16)10-7-9(14)4-5-12(10)17/h4-5,7,11,17H,3,6H2,1-2H3. The van der Waals surface area contributed by atoms with Crippen molar-refractivity contribution in [1.82, 2.24) is 5.01 Å². The molecule has 0 fully saturated rings. The molecule has 0 aromatic heterocycles. The fourth-order valence-electron chi connectivity index (χ4n) is 2.09. The van der Waals surface area contributed by atoms with Gasteiger partial charge >= 0.3 is 0 Å². The van der Waals surface area contributed by atoms with Crippen molar-refractivity contribution in [3.8, 4) is 5.75 Å². The van der Waals surface area contributed by atoms with Gasteiger partial charge in [0.1, 0.15) is 5.75 Å². The third-order valence-corrected chi connectivity index (χ3v) is 3.46. The second-order valence-electron chi connectivity index (χ2n) is 4.35. The number of carbonyl (C=O) groups excluding carboxylic acids is 1. The minimum absolute atomic E-state index is 0.0313. The molecule has 18 heavy (non-hydrogen) atoms. The molecule has 4 nitrogen and oxygen atoms in total. The normalized spacial score (nSPS) is 18.9. The monoisotopic (exact) mass is 310 g/mol. The zero-order valence-corrected chi connectivity index (χ0v) is 11.9. The minimum atomic E-state index is -0.199. The predicted molar refractivity (Wildman–Crippen MR) is 73.4 cm³/mol. The van der Waals surface area contributed by atoms with Crippen LogP contribution in [0.25, 0.3) is 0 Å². The van der Waals surface area contributed by atoms with Gasteiger partial charge in [-0.25, -0.2) is 5.01 Å². The Balaban J connectivity index is 2.38. The van der Waals surface area contributed by atoms with Crippen molar-refractivity contribution in [1.29, 1.82) is 0 Å². The van der Waals surface area contributed by atoms with Crippen LogP contribution < -0.4 is 0 Å². The van der Waals surface area contributed by atoms with E-state index in [0.717, 1.165) is 15.7 Å². The number of phenolic OH excluding ortho intramolecular Hbond substituents is 1. The highest BCUT2D eigenvalue weighted by Gasteiger charge is 2.31. The molecule has 1 heterocycles. The number of carbonyl (C=O) groups is 1. The SMILES string of the molecule is CCC(=O)N1N=C(C)CC1c1cc(Br)ccc1O. The van der Waals surface area contributed by atoms with E-state index in [4.69, 9.17) is 0 Å². The summed E-state index contributed by atoms with van der Waals surface area (Å²) >= 11 is 3.38. The van der Waals surface area contributed by atoms with Crippen LogP contribution in [0.15, 0.2) is 27.8 Å². The molecule has 0 spiro atoms. The van der Waals surface area contributed by atoms with E-state index in [9.17, 15) is 9.90 Å². The molecular formula is C13H15BrN2O2. The van der Waals surface area contributed by atoms with E-state index in [1.54, 1.807) is 12.1 Å². The van der Waals surface area contributed by atoms with Crippen molar-refractivity contribution in [3.63, 3.8) is 0 Å². The first kappa shape index (κ1) is 13.1. The summed E-state index contributed by atoms with van der Waals surface area (Å²) in [6.07, 6.45) is 1.07. The molecule has 0 saturated carbocycles. The lowest BCUT2D eigenvalue weighted by molar-refractivity contribution is -0.132.